The van der Waals surface area contributed by atoms with Gasteiger partial charge in [-0.15, -0.1) is 0 Å². The van der Waals surface area contributed by atoms with Gasteiger partial charge in [0.1, 0.15) is 0 Å². The molecule has 3 heteroatoms. The molecule has 0 spiro atoms. The first-order valence-electron chi connectivity index (χ1n) is 8.37. The molecule has 1 heterocycles. The van der Waals surface area contributed by atoms with Crippen LogP contribution in [-0.2, 0) is 22.2 Å². The van der Waals surface area contributed by atoms with Gasteiger partial charge in [-0.2, -0.15) is 0 Å². The van der Waals surface area contributed by atoms with Crippen molar-refractivity contribution in [2.24, 2.45) is 0 Å². The number of aryl methyl sites for hydroxylation is 1. The molecule has 0 amide bonds. The smallest absolute Gasteiger partial charge is 0.399 e. The summed E-state index contributed by atoms with van der Waals surface area (Å²) in [5.74, 6) is 0. The van der Waals surface area contributed by atoms with Gasteiger partial charge in [0.15, 0.2) is 0 Å². The Morgan fingerprint density at radius 3 is 2.10 bits per heavy atom. The molecule has 1 saturated heterocycles. The quantitative estimate of drug-likeness (QED) is 0.730. The Bertz CT molecular complexity index is 478. The van der Waals surface area contributed by atoms with E-state index in [0.29, 0.717) is 0 Å². The molecule has 2 aliphatic rings. The van der Waals surface area contributed by atoms with Gasteiger partial charge in [-0.05, 0) is 70.0 Å². The van der Waals surface area contributed by atoms with Crippen LogP contribution in [0.5, 0.6) is 0 Å². The second-order valence-corrected chi connectivity index (χ2v) is 6.78. The largest absolute Gasteiger partial charge is 0.495 e. The van der Waals surface area contributed by atoms with Crippen LogP contribution in [0.1, 0.15) is 65.5 Å². The maximum Gasteiger partial charge on any atom is 0.495 e. The van der Waals surface area contributed by atoms with Gasteiger partial charge in [0.2, 0.25) is 0 Å². The van der Waals surface area contributed by atoms with Crippen molar-refractivity contribution in [2.45, 2.75) is 78.4 Å². The van der Waals surface area contributed by atoms with E-state index in [0.717, 1.165) is 6.42 Å². The second kappa shape index (κ2) is 6.14. The van der Waals surface area contributed by atoms with E-state index < -0.39 is 0 Å². The lowest BCUT2D eigenvalue weighted by atomic mass is 9.72. The van der Waals surface area contributed by atoms with Crippen LogP contribution in [0.4, 0.5) is 0 Å². The van der Waals surface area contributed by atoms with Crippen molar-refractivity contribution in [1.29, 1.82) is 0 Å². The summed E-state index contributed by atoms with van der Waals surface area (Å²) in [6.45, 7) is 12.5. The minimum Gasteiger partial charge on any atom is -0.399 e. The highest BCUT2D eigenvalue weighted by Gasteiger charge is 2.52. The number of fused-ring (bicyclic) bond motifs is 1. The second-order valence-electron chi connectivity index (χ2n) is 6.78. The summed E-state index contributed by atoms with van der Waals surface area (Å²) >= 11 is 0. The maximum atomic E-state index is 6.19. The van der Waals surface area contributed by atoms with Crippen LogP contribution in [0.2, 0.25) is 0 Å². The van der Waals surface area contributed by atoms with Crippen molar-refractivity contribution in [1.82, 2.24) is 0 Å². The van der Waals surface area contributed by atoms with Gasteiger partial charge in [0, 0.05) is 0 Å². The summed E-state index contributed by atoms with van der Waals surface area (Å²) in [7, 11) is -0.210. The summed E-state index contributed by atoms with van der Waals surface area (Å²) in [4.78, 5) is 0. The molecule has 0 unspecified atom stereocenters. The number of hydrogen-bond acceptors (Lipinski definition) is 2. The van der Waals surface area contributed by atoms with Gasteiger partial charge in [-0.3, -0.25) is 0 Å². The summed E-state index contributed by atoms with van der Waals surface area (Å²) in [5, 5.41) is 0. The molecular weight excluding hydrogens is 259 g/mol. The molecule has 1 fully saturated rings. The van der Waals surface area contributed by atoms with E-state index in [4.69, 9.17) is 9.31 Å². The van der Waals surface area contributed by atoms with Gasteiger partial charge >= 0.3 is 7.12 Å². The van der Waals surface area contributed by atoms with Crippen LogP contribution < -0.4 is 5.46 Å². The molecule has 0 atom stereocenters. The van der Waals surface area contributed by atoms with Crippen LogP contribution in [0.3, 0.4) is 0 Å². The van der Waals surface area contributed by atoms with Crippen molar-refractivity contribution in [2.75, 3.05) is 0 Å². The first kappa shape index (κ1) is 16.6. The van der Waals surface area contributed by atoms with E-state index in [9.17, 15) is 0 Å². The van der Waals surface area contributed by atoms with E-state index in [2.05, 4.69) is 45.9 Å². The third kappa shape index (κ3) is 3.05. The Morgan fingerprint density at radius 1 is 0.905 bits per heavy atom. The van der Waals surface area contributed by atoms with Crippen molar-refractivity contribution in [3.05, 3.63) is 29.3 Å². The SMILES string of the molecule is CC.CC1(C)OB(c2cccc3c2CCCC3)OC1(C)C. The summed E-state index contributed by atoms with van der Waals surface area (Å²) in [5.41, 5.74) is 3.69. The summed E-state index contributed by atoms with van der Waals surface area (Å²) in [6.07, 6.45) is 4.95. The molecule has 116 valence electrons. The Morgan fingerprint density at radius 2 is 1.48 bits per heavy atom. The maximum absolute atomic E-state index is 6.19. The molecule has 21 heavy (non-hydrogen) atoms. The molecule has 0 bridgehead atoms. The average Bonchev–Trinajstić information content (AvgIpc) is 2.69. The van der Waals surface area contributed by atoms with Gasteiger partial charge in [-0.1, -0.05) is 32.0 Å². The monoisotopic (exact) mass is 288 g/mol. The minimum atomic E-state index is -0.255. The van der Waals surface area contributed by atoms with Gasteiger partial charge in [0.05, 0.1) is 11.2 Å². The van der Waals surface area contributed by atoms with Crippen molar-refractivity contribution in [3.8, 4) is 0 Å². The van der Waals surface area contributed by atoms with E-state index in [1.165, 1.54) is 35.9 Å². The summed E-state index contributed by atoms with van der Waals surface area (Å²) < 4.78 is 12.4. The van der Waals surface area contributed by atoms with Crippen LogP contribution in [-0.4, -0.2) is 18.3 Å². The molecule has 1 aliphatic carbocycles. The predicted octanol–water partition coefficient (Wildman–Crippen LogP) is 3.89. The lowest BCUT2D eigenvalue weighted by Gasteiger charge is -2.32. The Labute approximate surface area is 130 Å². The third-order valence-electron chi connectivity index (χ3n) is 4.94. The standard InChI is InChI=1S/C16H23BO2.C2H6/c1-15(2)16(3,4)19-17(18-15)14-11-7-9-12-8-5-6-10-13(12)14;1-2/h7,9,11H,5-6,8,10H2,1-4H3;1-2H3. The van der Waals surface area contributed by atoms with E-state index in [1.54, 1.807) is 0 Å². The molecular formula is C18H29BO2. The first-order valence-corrected chi connectivity index (χ1v) is 8.37. The van der Waals surface area contributed by atoms with Crippen LogP contribution in [0, 0.1) is 0 Å². The fraction of sp³-hybridized carbons (Fsp3) is 0.667. The van der Waals surface area contributed by atoms with Gasteiger partial charge < -0.3 is 9.31 Å². The third-order valence-corrected chi connectivity index (χ3v) is 4.94. The van der Waals surface area contributed by atoms with Crippen molar-refractivity contribution < 1.29 is 9.31 Å². The topological polar surface area (TPSA) is 18.5 Å². The van der Waals surface area contributed by atoms with E-state index in [1.807, 2.05) is 13.8 Å². The lowest BCUT2D eigenvalue weighted by molar-refractivity contribution is 0.00578. The van der Waals surface area contributed by atoms with Crippen LogP contribution in [0.25, 0.3) is 0 Å². The van der Waals surface area contributed by atoms with E-state index in [-0.39, 0.29) is 18.3 Å². The van der Waals surface area contributed by atoms with Crippen molar-refractivity contribution in [3.63, 3.8) is 0 Å². The zero-order valence-electron chi connectivity index (χ0n) is 14.5. The Kier molecular flexibility index (Phi) is 4.84. The molecule has 0 radical (unpaired) electrons. The van der Waals surface area contributed by atoms with Crippen LogP contribution >= 0.6 is 0 Å². The van der Waals surface area contributed by atoms with Gasteiger partial charge in [0.25, 0.3) is 0 Å². The highest BCUT2D eigenvalue weighted by atomic mass is 16.7. The minimum absolute atomic E-state index is 0.210. The van der Waals surface area contributed by atoms with Crippen LogP contribution in [0.15, 0.2) is 18.2 Å². The predicted molar refractivity (Wildman–Crippen MR) is 90.1 cm³/mol. The highest BCUT2D eigenvalue weighted by Crippen LogP contribution is 2.37. The molecule has 1 aliphatic heterocycles. The number of benzene rings is 1. The Hall–Kier alpha value is -0.795. The zero-order chi connectivity index (χ0) is 15.7. The fourth-order valence-electron chi connectivity index (χ4n) is 3.00. The number of hydrogen-bond donors (Lipinski definition) is 0. The highest BCUT2D eigenvalue weighted by molar-refractivity contribution is 6.62. The fourth-order valence-corrected chi connectivity index (χ4v) is 3.00. The molecule has 1 aromatic rings. The van der Waals surface area contributed by atoms with Crippen molar-refractivity contribution >= 4 is 12.6 Å². The number of rotatable bonds is 1. The molecule has 1 aromatic carbocycles. The Balaban J connectivity index is 0.000000774. The summed E-state index contributed by atoms with van der Waals surface area (Å²) in [6, 6.07) is 6.57. The molecule has 3 rings (SSSR count). The average molecular weight is 288 g/mol. The lowest BCUT2D eigenvalue weighted by Crippen LogP contribution is -2.41. The molecule has 0 aromatic heterocycles. The van der Waals surface area contributed by atoms with E-state index >= 15 is 0 Å². The first-order chi connectivity index (χ1) is 9.91. The molecule has 0 saturated carbocycles. The molecule has 2 nitrogen and oxygen atoms in total. The van der Waals surface area contributed by atoms with Gasteiger partial charge in [-0.25, -0.2) is 0 Å². The normalized spacial score (nSPS) is 22.3. The zero-order valence-corrected chi connectivity index (χ0v) is 14.5. The molecule has 0 N–H and O–H groups in total.